The topological polar surface area (TPSA) is 190 Å². The number of carbonyl (C=O) groups is 2. The van der Waals surface area contributed by atoms with Crippen LogP contribution in [0.2, 0.25) is 0 Å². The normalized spacial score (nSPS) is 25.3. The maximum Gasteiger partial charge on any atom is 1.00 e. The van der Waals surface area contributed by atoms with Gasteiger partial charge < -0.3 is 27.6 Å². The summed E-state index contributed by atoms with van der Waals surface area (Å²) in [5.41, 5.74) is 11.9. The number of benzene rings is 4. The number of hydrogen-bond acceptors (Lipinski definition) is 9. The Morgan fingerprint density at radius 1 is 0.731 bits per heavy atom. The summed E-state index contributed by atoms with van der Waals surface area (Å²) in [5, 5.41) is 46.7. The molecular weight excluding hydrogens is 991 g/mol. The number of aliphatic hydroxyl groups is 2. The van der Waals surface area contributed by atoms with Crippen LogP contribution in [0.15, 0.2) is 91.0 Å². The molecule has 2 amide bonds. The Kier molecular flexibility index (Phi) is 24.8. The number of carbonyl (C=O) groups excluding carboxylic acids is 2. The van der Waals surface area contributed by atoms with E-state index in [0.717, 1.165) is 93.0 Å². The monoisotopic (exact) mass is 1070 g/mol. The van der Waals surface area contributed by atoms with Crippen molar-refractivity contribution in [2.24, 2.45) is 29.4 Å². The number of fused-ring (bicyclic) bond motifs is 3. The number of Topliss-reactive ketones (excluding diaryl/α,β-unsaturated/α-hetero) is 1. The predicted octanol–water partition coefficient (Wildman–Crippen LogP) is 8.57. The number of halogens is 2. The van der Waals surface area contributed by atoms with Crippen LogP contribution in [0.4, 0.5) is 19.3 Å². The molecule has 3 radical (unpaired) electrons. The van der Waals surface area contributed by atoms with Crippen LogP contribution in [0.25, 0.3) is 0 Å². The number of hydrogen-bond donors (Lipinski definition) is 4. The van der Waals surface area contributed by atoms with E-state index >= 15 is 0 Å². The molecule has 78 heavy (non-hydrogen) atoms. The fraction of sp³-hybridized carbons (Fsp3) is 0.540. The molecule has 6 fully saturated rings. The van der Waals surface area contributed by atoms with Gasteiger partial charge >= 0.3 is 35.6 Å². The minimum atomic E-state index is -0.981. The van der Waals surface area contributed by atoms with Crippen molar-refractivity contribution in [1.82, 2.24) is 9.80 Å². The molecule has 411 valence electrons. The largest absolute Gasteiger partial charge is 1.00 e. The molecule has 0 heterocycles. The molecule has 15 heteroatoms. The third-order valence-electron chi connectivity index (χ3n) is 17.5. The molecule has 6 saturated carbocycles. The fourth-order valence-electron chi connectivity index (χ4n) is 13.2. The molecular formula is C63H82BF2N7NaO4. The van der Waals surface area contributed by atoms with Gasteiger partial charge in [-0.3, -0.25) is 9.69 Å². The van der Waals surface area contributed by atoms with Crippen LogP contribution < -0.4 is 40.6 Å². The Hall–Kier alpha value is -4.95. The van der Waals surface area contributed by atoms with E-state index in [-0.39, 0.29) is 82.0 Å². The van der Waals surface area contributed by atoms with Crippen molar-refractivity contribution in [3.8, 4) is 18.2 Å². The zero-order chi connectivity index (χ0) is 53.9. The van der Waals surface area contributed by atoms with Gasteiger partial charge in [-0.2, -0.15) is 15.8 Å². The number of aliphatic hydroxyl groups excluding tert-OH is 2. The third kappa shape index (κ3) is 15.7. The maximum absolute atomic E-state index is 13.8. The van der Waals surface area contributed by atoms with Gasteiger partial charge in [-0.1, -0.05) is 43.8 Å². The van der Waals surface area contributed by atoms with Crippen molar-refractivity contribution in [2.75, 3.05) is 38.2 Å². The summed E-state index contributed by atoms with van der Waals surface area (Å²) in [4.78, 5) is 29.1. The molecule has 4 aromatic rings. The molecule has 0 aromatic heterocycles. The average Bonchev–Trinajstić information content (AvgIpc) is 4.47. The fourth-order valence-corrected chi connectivity index (χ4v) is 13.2. The molecule has 8 atom stereocenters. The van der Waals surface area contributed by atoms with E-state index in [0.29, 0.717) is 66.8 Å². The summed E-state index contributed by atoms with van der Waals surface area (Å²) in [5.74, 6) is 1.13. The second-order valence-electron chi connectivity index (χ2n) is 22.6. The SMILES string of the molecule is C.CC(C)N(CCN(C(=O)Nc1ccc(F)c(F)c1)[C@@H]1CC[C@]2(c3cccc(C#N)c3)C[C@@H]2C1)C(C)C.N#Cc1cccc(C23CCC(=O)CC2C3)c1.N#Cc1cccc([C@]23CC[C@@H](CCCO)C[C@H]2C3)c1.NCCO.[B].[H-].[Na+]. The molecule has 6 aliphatic rings. The van der Waals surface area contributed by atoms with Gasteiger partial charge in [-0.25, -0.2) is 13.6 Å². The molecule has 0 spiro atoms. The summed E-state index contributed by atoms with van der Waals surface area (Å²) in [6, 6.07) is 34.6. The van der Waals surface area contributed by atoms with Crippen LogP contribution in [-0.2, 0) is 21.0 Å². The van der Waals surface area contributed by atoms with E-state index in [1.54, 1.807) is 0 Å². The van der Waals surface area contributed by atoms with E-state index < -0.39 is 11.6 Å². The second kappa shape index (κ2) is 29.5. The average molecular weight is 1070 g/mol. The van der Waals surface area contributed by atoms with Gasteiger partial charge in [0.2, 0.25) is 0 Å². The van der Waals surface area contributed by atoms with Crippen LogP contribution in [0.1, 0.15) is 160 Å². The van der Waals surface area contributed by atoms with Crippen molar-refractivity contribution in [2.45, 2.75) is 159 Å². The van der Waals surface area contributed by atoms with Gasteiger partial charge in [0.1, 0.15) is 5.78 Å². The number of nitriles is 3. The van der Waals surface area contributed by atoms with E-state index in [4.69, 9.17) is 26.5 Å². The molecule has 4 aromatic carbocycles. The zero-order valence-electron chi connectivity index (χ0n) is 47.0. The summed E-state index contributed by atoms with van der Waals surface area (Å²) in [6.45, 7) is 10.7. The number of nitrogens with zero attached hydrogens (tertiary/aromatic N) is 5. The first-order valence-electron chi connectivity index (χ1n) is 27.3. The number of nitrogens with two attached hydrogens (primary N) is 1. The van der Waals surface area contributed by atoms with Crippen LogP contribution in [0.5, 0.6) is 0 Å². The van der Waals surface area contributed by atoms with E-state index in [9.17, 15) is 23.6 Å². The van der Waals surface area contributed by atoms with Crippen molar-refractivity contribution in [1.29, 1.82) is 15.8 Å². The smallest absolute Gasteiger partial charge is 1.00 e. The zero-order valence-corrected chi connectivity index (χ0v) is 48.0. The summed E-state index contributed by atoms with van der Waals surface area (Å²) >= 11 is 0. The first-order chi connectivity index (χ1) is 36.1. The molecule has 0 saturated heterocycles. The van der Waals surface area contributed by atoms with Crippen LogP contribution in [-0.4, -0.2) is 91.2 Å². The maximum atomic E-state index is 13.8. The predicted molar refractivity (Wildman–Crippen MR) is 302 cm³/mol. The van der Waals surface area contributed by atoms with E-state index in [1.165, 1.54) is 54.9 Å². The van der Waals surface area contributed by atoms with Crippen molar-refractivity contribution < 1.29 is 59.6 Å². The van der Waals surface area contributed by atoms with Crippen molar-refractivity contribution in [3.63, 3.8) is 0 Å². The van der Waals surface area contributed by atoms with E-state index in [1.807, 2.05) is 53.4 Å². The summed E-state index contributed by atoms with van der Waals surface area (Å²) in [6.07, 6.45) is 14.7. The number of rotatable bonds is 14. The third-order valence-corrected chi connectivity index (χ3v) is 17.5. The van der Waals surface area contributed by atoms with Gasteiger partial charge in [-0.15, -0.1) is 0 Å². The molecule has 6 aliphatic carbocycles. The number of amides is 2. The Labute approximate surface area is 489 Å². The Balaban J connectivity index is 0.000000320. The van der Waals surface area contributed by atoms with Crippen molar-refractivity contribution >= 4 is 25.9 Å². The van der Waals surface area contributed by atoms with Gasteiger partial charge in [0.25, 0.3) is 0 Å². The molecule has 10 rings (SSSR count). The Bertz CT molecular complexity index is 2760. The number of anilines is 1. The molecule has 0 aliphatic heterocycles. The number of urea groups is 1. The van der Waals surface area contributed by atoms with Gasteiger partial charge in [0.05, 0.1) is 41.5 Å². The first-order valence-corrected chi connectivity index (χ1v) is 27.3. The number of nitrogens with one attached hydrogen (secondary N) is 1. The number of ketones is 1. The summed E-state index contributed by atoms with van der Waals surface area (Å²) in [7, 11) is 0. The van der Waals surface area contributed by atoms with Gasteiger partial charge in [0.15, 0.2) is 11.6 Å². The van der Waals surface area contributed by atoms with Gasteiger partial charge in [-0.05, 0) is 210 Å². The molecule has 11 nitrogen and oxygen atoms in total. The minimum absolute atomic E-state index is 0. The van der Waals surface area contributed by atoms with Crippen LogP contribution >= 0.6 is 0 Å². The Morgan fingerprint density at radius 2 is 1.23 bits per heavy atom. The standard InChI is InChI=1S/C29H36F2N4O.C17H21NO.C14H13NO.C2H7NO.CH4.B.Na.H/c1-19(2)34(20(3)4)12-13-35(28(36)33-24-8-9-26(30)27(31)16-24)25-10-11-29(17-23(29)15-25)22-7-5-6-21(14-22)18-32;18-12-14-3-1-5-15(10-14)17-7-6-13(4-2-8-19)9-16(17)11-17;15-9-10-2-1-3-11(6-10)14-5-4-13(16)7-12(14)8-14;3-1-2-4;;;;/h5-9,14,16,19-20,23,25H,10-13,15,17H2,1-4H3,(H,33,36);1,3,5,10,13,16,19H,2,4,6-9,11H2;1-3,6,12H,4-5,7-8H2;4H,1-3H2;1H4;;;/q;;;;;;+1;-1/t23-,25+,29+;13-,16+,17-;;;;;;/m01....../s1. The minimum Gasteiger partial charge on any atom is -1.00 e. The summed E-state index contributed by atoms with van der Waals surface area (Å²) < 4.78 is 27.2. The van der Waals surface area contributed by atoms with Gasteiger partial charge in [0, 0.05) is 77.4 Å². The Morgan fingerprint density at radius 3 is 1.68 bits per heavy atom. The molecule has 5 N–H and O–H groups in total. The van der Waals surface area contributed by atoms with Crippen LogP contribution in [0.3, 0.4) is 0 Å². The van der Waals surface area contributed by atoms with Crippen molar-refractivity contribution in [3.05, 3.63) is 136 Å². The molecule has 0 bridgehead atoms. The quantitative estimate of drug-likeness (QED) is 0.0897. The molecule has 2 unspecified atom stereocenters. The van der Waals surface area contributed by atoms with Crippen LogP contribution in [0, 0.1) is 69.3 Å². The second-order valence-corrected chi connectivity index (χ2v) is 22.6. The first kappa shape index (κ1) is 65.6. The van der Waals surface area contributed by atoms with E-state index in [2.05, 4.69) is 80.4 Å².